The summed E-state index contributed by atoms with van der Waals surface area (Å²) < 4.78 is 14.3. The zero-order valence-corrected chi connectivity index (χ0v) is 10.9. The number of rotatable bonds is 9. The number of hydrogen-bond donors (Lipinski definition) is 1. The lowest BCUT2D eigenvalue weighted by molar-refractivity contribution is -0.184. The highest BCUT2D eigenvalue weighted by atomic mass is 16.6. The summed E-state index contributed by atoms with van der Waals surface area (Å²) in [6.45, 7) is 7.82. The third-order valence-electron chi connectivity index (χ3n) is 2.06. The van der Waals surface area contributed by atoms with Gasteiger partial charge in [0, 0.05) is 18.2 Å². The van der Waals surface area contributed by atoms with Crippen LogP contribution in [0.15, 0.2) is 38.0 Å². The Bertz CT molecular complexity index is 387. The summed E-state index contributed by atoms with van der Waals surface area (Å²) in [5.74, 6) is -2.44. The molecule has 0 saturated heterocycles. The lowest BCUT2D eigenvalue weighted by Crippen LogP contribution is -2.48. The lowest BCUT2D eigenvalue weighted by atomic mass is 10.1. The molecule has 0 aliphatic carbocycles. The van der Waals surface area contributed by atoms with Crippen LogP contribution < -0.4 is 0 Å². The molecule has 110 valence electrons. The summed E-state index contributed by atoms with van der Waals surface area (Å²) in [6.07, 6.45) is 2.65. The molecule has 0 radical (unpaired) electrons. The first-order valence-corrected chi connectivity index (χ1v) is 5.47. The van der Waals surface area contributed by atoms with Crippen molar-refractivity contribution in [1.82, 2.24) is 0 Å². The highest BCUT2D eigenvalue weighted by Gasteiger charge is 2.37. The lowest BCUT2D eigenvalue weighted by Gasteiger charge is -2.29. The average Bonchev–Trinajstić information content (AvgIpc) is 2.48. The van der Waals surface area contributed by atoms with E-state index in [1.165, 1.54) is 0 Å². The monoisotopic (exact) mass is 284 g/mol. The minimum absolute atomic E-state index is 0.516. The topological polar surface area (TPSA) is 99.1 Å². The third-order valence-corrected chi connectivity index (χ3v) is 2.06. The molecule has 0 heterocycles. The maximum atomic E-state index is 11.2. The van der Waals surface area contributed by atoms with Crippen molar-refractivity contribution in [1.29, 1.82) is 0 Å². The van der Waals surface area contributed by atoms with Crippen LogP contribution in [0.3, 0.4) is 0 Å². The summed E-state index contributed by atoms with van der Waals surface area (Å²) in [7, 11) is 0. The number of ether oxygens (including phenoxy) is 3. The van der Waals surface area contributed by atoms with Crippen LogP contribution in [0.1, 0.15) is 0 Å². The molecule has 0 saturated carbocycles. The van der Waals surface area contributed by atoms with Crippen molar-refractivity contribution in [2.75, 3.05) is 19.8 Å². The minimum Gasteiger partial charge on any atom is -0.458 e. The van der Waals surface area contributed by atoms with Crippen LogP contribution in [0.25, 0.3) is 0 Å². The number of aliphatic hydroxyl groups is 1. The van der Waals surface area contributed by atoms with Crippen molar-refractivity contribution in [3.8, 4) is 0 Å². The molecule has 0 fully saturated rings. The van der Waals surface area contributed by atoms with E-state index < -0.39 is 43.3 Å². The molecule has 1 N–H and O–H groups in total. The minimum atomic E-state index is -1.72. The summed E-state index contributed by atoms with van der Waals surface area (Å²) in [5.41, 5.74) is -1.72. The smallest absolute Gasteiger partial charge is 0.331 e. The molecule has 0 aliphatic heterocycles. The Hall–Kier alpha value is -2.41. The van der Waals surface area contributed by atoms with Crippen LogP contribution >= 0.6 is 0 Å². The fourth-order valence-electron chi connectivity index (χ4n) is 1.00. The second-order valence-corrected chi connectivity index (χ2v) is 3.59. The highest BCUT2D eigenvalue weighted by molar-refractivity contribution is 5.83. The van der Waals surface area contributed by atoms with Gasteiger partial charge >= 0.3 is 17.9 Å². The fourth-order valence-corrected chi connectivity index (χ4v) is 1.00. The predicted molar refractivity (Wildman–Crippen MR) is 68.4 cm³/mol. The first-order chi connectivity index (χ1) is 9.42. The number of esters is 3. The zero-order valence-electron chi connectivity index (χ0n) is 10.9. The van der Waals surface area contributed by atoms with Crippen molar-refractivity contribution >= 4 is 17.9 Å². The Labute approximate surface area is 116 Å². The van der Waals surface area contributed by atoms with Crippen LogP contribution in [-0.2, 0) is 28.6 Å². The third kappa shape index (κ3) is 5.96. The Morgan fingerprint density at radius 1 is 0.900 bits per heavy atom. The van der Waals surface area contributed by atoms with Gasteiger partial charge < -0.3 is 19.3 Å². The summed E-state index contributed by atoms with van der Waals surface area (Å²) in [5, 5.41) is 9.35. The van der Waals surface area contributed by atoms with E-state index in [2.05, 4.69) is 19.7 Å². The molecular formula is C13H16O7. The van der Waals surface area contributed by atoms with E-state index >= 15 is 0 Å². The normalized spacial score (nSPS) is 10.1. The van der Waals surface area contributed by atoms with Gasteiger partial charge in [0.25, 0.3) is 0 Å². The van der Waals surface area contributed by atoms with Crippen LogP contribution in [-0.4, -0.2) is 48.4 Å². The van der Waals surface area contributed by atoms with Crippen molar-refractivity contribution < 1.29 is 33.7 Å². The van der Waals surface area contributed by atoms with Crippen molar-refractivity contribution in [3.63, 3.8) is 0 Å². The Balaban J connectivity index is 4.93. The fraction of sp³-hybridized carbons (Fsp3) is 0.308. The van der Waals surface area contributed by atoms with Crippen molar-refractivity contribution in [2.45, 2.75) is 5.60 Å². The van der Waals surface area contributed by atoms with Crippen molar-refractivity contribution in [2.24, 2.45) is 0 Å². The van der Waals surface area contributed by atoms with Gasteiger partial charge in [0.05, 0.1) is 6.61 Å². The molecule has 0 amide bonds. The quantitative estimate of drug-likeness (QED) is 0.358. The number of carbonyl (C=O) groups is 3. The molecular weight excluding hydrogens is 268 g/mol. The van der Waals surface area contributed by atoms with E-state index in [0.717, 1.165) is 18.2 Å². The molecule has 0 spiro atoms. The largest absolute Gasteiger partial charge is 0.458 e. The molecule has 0 aromatic rings. The maximum Gasteiger partial charge on any atom is 0.331 e. The van der Waals surface area contributed by atoms with E-state index in [4.69, 9.17) is 14.2 Å². The van der Waals surface area contributed by atoms with Gasteiger partial charge in [-0.3, -0.25) is 0 Å². The van der Waals surface area contributed by atoms with E-state index in [0.29, 0.717) is 0 Å². The Morgan fingerprint density at radius 3 is 1.60 bits per heavy atom. The number of hydrogen-bond acceptors (Lipinski definition) is 7. The molecule has 0 atom stereocenters. The standard InChI is InChI=1S/C13H16O7/c1-4-10(15)18-8-13(7-14,20-12(17)6-3)9-19-11(16)5-2/h4-6,14H,1-3,7-9H2. The molecule has 0 aliphatic rings. The Kier molecular flexibility index (Phi) is 7.61. The van der Waals surface area contributed by atoms with Gasteiger partial charge in [0.15, 0.2) is 0 Å². The van der Waals surface area contributed by atoms with Crippen LogP contribution in [0.4, 0.5) is 0 Å². The van der Waals surface area contributed by atoms with Gasteiger partial charge in [-0.25, -0.2) is 14.4 Å². The SMILES string of the molecule is C=CC(=O)OCC(CO)(COC(=O)C=C)OC(=O)C=C. The van der Waals surface area contributed by atoms with E-state index in [1.807, 2.05) is 0 Å². The number of aliphatic hydroxyl groups excluding tert-OH is 1. The van der Waals surface area contributed by atoms with Gasteiger partial charge in [-0.05, 0) is 0 Å². The molecule has 0 aromatic carbocycles. The summed E-state index contributed by atoms with van der Waals surface area (Å²) in [4.78, 5) is 33.3. The number of carbonyl (C=O) groups excluding carboxylic acids is 3. The predicted octanol–water partition coefficient (Wildman–Crippen LogP) is -0.0949. The van der Waals surface area contributed by atoms with Gasteiger partial charge in [0.2, 0.25) is 5.60 Å². The van der Waals surface area contributed by atoms with E-state index in [9.17, 15) is 19.5 Å². The summed E-state index contributed by atoms with van der Waals surface area (Å²) in [6, 6.07) is 0. The summed E-state index contributed by atoms with van der Waals surface area (Å²) >= 11 is 0. The molecule has 7 heteroatoms. The van der Waals surface area contributed by atoms with Crippen LogP contribution in [0.2, 0.25) is 0 Å². The second-order valence-electron chi connectivity index (χ2n) is 3.59. The molecule has 20 heavy (non-hydrogen) atoms. The second kappa shape index (κ2) is 8.65. The van der Waals surface area contributed by atoms with Gasteiger partial charge in [-0.15, -0.1) is 0 Å². The van der Waals surface area contributed by atoms with Crippen LogP contribution in [0, 0.1) is 0 Å². The average molecular weight is 284 g/mol. The first kappa shape index (κ1) is 17.6. The van der Waals surface area contributed by atoms with Gasteiger partial charge in [0.1, 0.15) is 13.2 Å². The molecule has 0 unspecified atom stereocenters. The molecule has 0 bridgehead atoms. The highest BCUT2D eigenvalue weighted by Crippen LogP contribution is 2.14. The Morgan fingerprint density at radius 2 is 1.30 bits per heavy atom. The maximum absolute atomic E-state index is 11.2. The van der Waals surface area contributed by atoms with Crippen molar-refractivity contribution in [3.05, 3.63) is 38.0 Å². The molecule has 0 rings (SSSR count). The van der Waals surface area contributed by atoms with Crippen LogP contribution in [0.5, 0.6) is 0 Å². The first-order valence-electron chi connectivity index (χ1n) is 5.47. The molecule has 0 aromatic heterocycles. The zero-order chi connectivity index (χ0) is 15.6. The van der Waals surface area contributed by atoms with E-state index in [1.54, 1.807) is 0 Å². The van der Waals surface area contributed by atoms with E-state index in [-0.39, 0.29) is 0 Å². The molecule has 7 nitrogen and oxygen atoms in total. The van der Waals surface area contributed by atoms with Gasteiger partial charge in [-0.2, -0.15) is 0 Å². The van der Waals surface area contributed by atoms with Gasteiger partial charge in [-0.1, -0.05) is 19.7 Å².